The molecule has 0 bridgehead atoms. The summed E-state index contributed by atoms with van der Waals surface area (Å²) in [6.45, 7) is 0. The van der Waals surface area contributed by atoms with Crippen LogP contribution in [0.1, 0.15) is 0 Å². The van der Waals surface area contributed by atoms with Crippen molar-refractivity contribution in [1.82, 2.24) is 43.2 Å². The zero-order valence-corrected chi connectivity index (χ0v) is 62.9. The van der Waals surface area contributed by atoms with Gasteiger partial charge in [-0.3, -0.25) is 4.57 Å². The Balaban J connectivity index is 0.000000141. The van der Waals surface area contributed by atoms with E-state index < -0.39 is 0 Å². The molecule has 0 N–H and O–H groups in total. The van der Waals surface area contributed by atoms with Gasteiger partial charge in [0, 0.05) is 99.7 Å². The number of pyridine rings is 1. The first-order chi connectivity index (χ1) is 57.5. The molecule has 0 saturated heterocycles. The molecule has 0 spiro atoms. The maximum atomic E-state index is 5.12. The van der Waals surface area contributed by atoms with Gasteiger partial charge >= 0.3 is 0 Å². The third-order valence-electron chi connectivity index (χ3n) is 22.7. The molecule has 0 amide bonds. The standard InChI is InChI=1S/C56H36N4.C51H33N5/c1-4-14-38(15-5-1)50-36-51(58-56(57-50)39-16-6-2-7-17-39)42-25-24-37-26-29-45(33-43(37)32-42)60-53-23-13-11-21-47(53)49-35-41(28-31-55(49)60)40-27-30-54-48(34-40)46-20-10-12-22-52(46)59(54)44-18-8-3-9-19-44;1-4-14-34(15-5-1)44-32-45(35-16-6-2-7-17-35)54-51(53-44)38-26-29-50(52-33-38)56-47-23-13-11-21-41(47)43-31-37(25-28-49(43)56)36-24-27-48-42(30-36)40-20-10-12-22-46(40)55(48)39-18-8-3-9-19-39/h1-36H;1-33H. The molecule has 9 nitrogen and oxygen atoms in total. The van der Waals surface area contributed by atoms with E-state index in [-0.39, 0.29) is 0 Å². The summed E-state index contributed by atoms with van der Waals surface area (Å²) in [5.74, 6) is 2.19. The summed E-state index contributed by atoms with van der Waals surface area (Å²) in [5.41, 5.74) is 27.2. The third-order valence-corrected chi connectivity index (χ3v) is 22.7. The first-order valence-electron chi connectivity index (χ1n) is 39.3. The van der Waals surface area contributed by atoms with E-state index in [4.69, 9.17) is 24.9 Å². The van der Waals surface area contributed by atoms with Gasteiger partial charge in [0.1, 0.15) is 5.82 Å². The molecule has 0 fully saturated rings. The zero-order chi connectivity index (χ0) is 76.6. The zero-order valence-electron chi connectivity index (χ0n) is 62.9. The lowest BCUT2D eigenvalue weighted by Gasteiger charge is -2.12. The topological polar surface area (TPSA) is 84.2 Å². The first-order valence-corrected chi connectivity index (χ1v) is 39.3. The Kier molecular flexibility index (Phi) is 16.4. The number of hydrogen-bond donors (Lipinski definition) is 0. The summed E-state index contributed by atoms with van der Waals surface area (Å²) in [6.07, 6.45) is 1.89. The van der Waals surface area contributed by atoms with Crippen molar-refractivity contribution >= 4 is 98.0 Å². The number of aromatic nitrogens is 9. The lowest BCUT2D eigenvalue weighted by atomic mass is 10.0. The summed E-state index contributed by atoms with van der Waals surface area (Å²) < 4.78 is 9.39. The van der Waals surface area contributed by atoms with Crippen molar-refractivity contribution < 1.29 is 0 Å². The Bertz CT molecular complexity index is 7610. The predicted octanol–water partition coefficient (Wildman–Crippen LogP) is 27.2. The average molecular weight is 1480 g/mol. The smallest absolute Gasteiger partial charge is 0.161 e. The van der Waals surface area contributed by atoms with E-state index in [1.807, 2.05) is 66.9 Å². The molecule has 0 aliphatic carbocycles. The molecule has 16 aromatic carbocycles. The van der Waals surface area contributed by atoms with Gasteiger partial charge in [-0.1, -0.05) is 273 Å². The van der Waals surface area contributed by atoms with Gasteiger partial charge in [0.2, 0.25) is 0 Å². The number of nitrogens with zero attached hydrogens (tertiary/aromatic N) is 9. The summed E-state index contributed by atoms with van der Waals surface area (Å²) in [7, 11) is 0. The number of fused-ring (bicyclic) bond motifs is 13. The fourth-order valence-electron chi connectivity index (χ4n) is 17.2. The van der Waals surface area contributed by atoms with E-state index in [0.717, 1.165) is 89.8 Å². The Morgan fingerprint density at radius 1 is 0.164 bits per heavy atom. The van der Waals surface area contributed by atoms with Crippen LogP contribution in [0.3, 0.4) is 0 Å². The van der Waals surface area contributed by atoms with E-state index in [1.54, 1.807) is 0 Å². The van der Waals surface area contributed by atoms with E-state index in [0.29, 0.717) is 11.6 Å². The molecular formula is C107H69N9. The molecule has 0 unspecified atom stereocenters. The van der Waals surface area contributed by atoms with Gasteiger partial charge in [0.25, 0.3) is 0 Å². The van der Waals surface area contributed by atoms with E-state index in [2.05, 4.69) is 370 Å². The molecule has 0 atom stereocenters. The molecule has 0 radical (unpaired) electrons. The lowest BCUT2D eigenvalue weighted by molar-refractivity contribution is 1.07. The van der Waals surface area contributed by atoms with Crippen molar-refractivity contribution in [2.75, 3.05) is 0 Å². The molecule has 23 aromatic rings. The normalized spacial score (nSPS) is 11.6. The lowest BCUT2D eigenvalue weighted by Crippen LogP contribution is -1.99. The average Bonchev–Trinajstić information content (AvgIpc) is 1.58. The van der Waals surface area contributed by atoms with E-state index in [9.17, 15) is 0 Å². The molecule has 7 aromatic heterocycles. The maximum Gasteiger partial charge on any atom is 0.161 e. The van der Waals surface area contributed by atoms with Crippen LogP contribution in [-0.2, 0) is 0 Å². The summed E-state index contributed by atoms with van der Waals surface area (Å²) in [6, 6.07) is 146. The summed E-state index contributed by atoms with van der Waals surface area (Å²) in [4.78, 5) is 25.2. The van der Waals surface area contributed by atoms with Crippen molar-refractivity contribution in [2.45, 2.75) is 0 Å². The number of hydrogen-bond acceptors (Lipinski definition) is 5. The molecule has 0 aliphatic rings. The molecule has 0 saturated carbocycles. The molecule has 9 heteroatoms. The van der Waals surface area contributed by atoms with Crippen molar-refractivity contribution in [3.05, 3.63) is 419 Å². The van der Waals surface area contributed by atoms with Crippen LogP contribution >= 0.6 is 0 Å². The summed E-state index contributed by atoms with van der Waals surface area (Å²) >= 11 is 0. The second kappa shape index (κ2) is 28.2. The Labute approximate surface area is 668 Å². The van der Waals surface area contributed by atoms with Gasteiger partial charge in [0.15, 0.2) is 11.6 Å². The predicted molar refractivity (Wildman–Crippen MR) is 480 cm³/mol. The van der Waals surface area contributed by atoms with Crippen LogP contribution < -0.4 is 0 Å². The number of benzene rings is 16. The third kappa shape index (κ3) is 11.8. The molecule has 542 valence electrons. The first kappa shape index (κ1) is 67.2. The van der Waals surface area contributed by atoms with Gasteiger partial charge in [-0.25, -0.2) is 24.9 Å². The Morgan fingerprint density at radius 3 is 0.862 bits per heavy atom. The van der Waals surface area contributed by atoms with Crippen molar-refractivity contribution in [2.24, 2.45) is 0 Å². The Morgan fingerprint density at radius 2 is 0.466 bits per heavy atom. The SMILES string of the molecule is c1ccc(-c2cc(-c3ccc4ccc(-n5c6ccccc6c6cc(-c7ccc8c(c7)c7ccccc7n8-c7ccccc7)ccc65)cc4c3)nc(-c3ccccc3)n2)cc1.c1ccc(-c2cc(-c3ccccc3)nc(-c3ccc(-n4c5ccccc5c5cc(-c6ccc7c(c6)c6ccccc6n7-c6ccccc6)ccc54)nc3)n2)cc1. The van der Waals surface area contributed by atoms with Crippen LogP contribution in [-0.4, -0.2) is 43.2 Å². The second-order valence-corrected chi connectivity index (χ2v) is 29.5. The number of para-hydroxylation sites is 6. The van der Waals surface area contributed by atoms with Gasteiger partial charge in [0.05, 0.1) is 66.9 Å². The van der Waals surface area contributed by atoms with Crippen LogP contribution in [0, 0.1) is 0 Å². The van der Waals surface area contributed by atoms with Crippen molar-refractivity contribution in [1.29, 1.82) is 0 Å². The fraction of sp³-hybridized carbons (Fsp3) is 0. The highest BCUT2D eigenvalue weighted by atomic mass is 15.1. The molecule has 23 rings (SSSR count). The highest BCUT2D eigenvalue weighted by Crippen LogP contribution is 2.43. The van der Waals surface area contributed by atoms with E-state index >= 15 is 0 Å². The van der Waals surface area contributed by atoms with Crippen LogP contribution in [0.2, 0.25) is 0 Å². The largest absolute Gasteiger partial charge is 0.309 e. The minimum Gasteiger partial charge on any atom is -0.309 e. The highest BCUT2D eigenvalue weighted by molar-refractivity contribution is 6.15. The van der Waals surface area contributed by atoms with Crippen LogP contribution in [0.15, 0.2) is 419 Å². The highest BCUT2D eigenvalue weighted by Gasteiger charge is 2.22. The molecule has 116 heavy (non-hydrogen) atoms. The minimum atomic E-state index is 0.639. The fourth-order valence-corrected chi connectivity index (χ4v) is 17.2. The van der Waals surface area contributed by atoms with Gasteiger partial charge < -0.3 is 13.7 Å². The van der Waals surface area contributed by atoms with Crippen LogP contribution in [0.5, 0.6) is 0 Å². The van der Waals surface area contributed by atoms with Crippen LogP contribution in [0.4, 0.5) is 0 Å². The maximum absolute atomic E-state index is 5.12. The van der Waals surface area contributed by atoms with Gasteiger partial charge in [-0.15, -0.1) is 0 Å². The minimum absolute atomic E-state index is 0.639. The second-order valence-electron chi connectivity index (χ2n) is 29.5. The van der Waals surface area contributed by atoms with E-state index in [1.165, 1.54) is 110 Å². The Hall–Kier alpha value is -15.7. The molecular weight excluding hydrogens is 1410 g/mol. The molecule has 0 aliphatic heterocycles. The van der Waals surface area contributed by atoms with Crippen molar-refractivity contribution in [3.8, 4) is 113 Å². The van der Waals surface area contributed by atoms with Gasteiger partial charge in [-0.05, 0) is 173 Å². The van der Waals surface area contributed by atoms with Crippen molar-refractivity contribution in [3.63, 3.8) is 0 Å². The quantitative estimate of drug-likeness (QED) is 0.122. The number of rotatable bonds is 12. The van der Waals surface area contributed by atoms with Crippen LogP contribution in [0.25, 0.3) is 211 Å². The monoisotopic (exact) mass is 1480 g/mol. The molecule has 7 heterocycles. The summed E-state index contributed by atoms with van der Waals surface area (Å²) in [5, 5.41) is 12.1. The van der Waals surface area contributed by atoms with Gasteiger partial charge in [-0.2, -0.15) is 0 Å².